The minimum atomic E-state index is -1.10. The summed E-state index contributed by atoms with van der Waals surface area (Å²) in [7, 11) is 1.61. The molecule has 5 fully saturated rings. The number of fused-ring (bicyclic) bond motifs is 1. The molecule has 2 aliphatic heterocycles. The predicted octanol–water partition coefficient (Wildman–Crippen LogP) is 8.58. The number of rotatable bonds is 27. The largest absolute Gasteiger partial charge is 0.394 e. The van der Waals surface area contributed by atoms with Crippen LogP contribution in [0.3, 0.4) is 0 Å². The lowest BCUT2D eigenvalue weighted by Crippen LogP contribution is -2.61. The zero-order valence-electron chi connectivity index (χ0n) is 50.2. The lowest BCUT2D eigenvalue weighted by molar-refractivity contribution is -0.231. The van der Waals surface area contributed by atoms with Crippen LogP contribution in [-0.4, -0.2) is 152 Å². The van der Waals surface area contributed by atoms with Crippen LogP contribution in [0.25, 0.3) is 0 Å². The van der Waals surface area contributed by atoms with E-state index in [1.165, 1.54) is 11.3 Å². The Morgan fingerprint density at radius 1 is 0.885 bits per heavy atom. The monoisotopic (exact) mass is 1100 g/mol. The Kier molecular flexibility index (Phi) is 27.6. The first-order chi connectivity index (χ1) is 37.3. The molecule has 1 aromatic rings. The molecule has 4 N–H and O–H groups in total. The van der Waals surface area contributed by atoms with Crippen molar-refractivity contribution in [2.75, 3.05) is 53.3 Å². The van der Waals surface area contributed by atoms with E-state index in [0.717, 1.165) is 82.8 Å². The van der Waals surface area contributed by atoms with Crippen molar-refractivity contribution in [3.63, 3.8) is 0 Å². The molecular formula is C60H104N8O10. The molecule has 3 heterocycles. The van der Waals surface area contributed by atoms with E-state index in [0.29, 0.717) is 70.4 Å². The number of hydrogen-bond donors (Lipinski definition) is 4. The summed E-state index contributed by atoms with van der Waals surface area (Å²) in [4.78, 5) is 73.2. The molecule has 0 aromatic carbocycles. The molecule has 7 unspecified atom stereocenters. The number of aliphatic hydroxyl groups is 1. The van der Waals surface area contributed by atoms with Crippen molar-refractivity contribution in [1.82, 2.24) is 40.5 Å². The van der Waals surface area contributed by atoms with E-state index < -0.39 is 29.0 Å². The molecule has 3 saturated carbocycles. The van der Waals surface area contributed by atoms with Gasteiger partial charge in [0.05, 0.1) is 74.0 Å². The number of aryl methyl sites for hydroxylation is 1. The fraction of sp³-hybridized carbons (Fsp3) is 0.817. The summed E-state index contributed by atoms with van der Waals surface area (Å²) in [5.41, 5.74) is -0.260. The van der Waals surface area contributed by atoms with E-state index in [1.54, 1.807) is 28.0 Å². The normalized spacial score (nSPS) is 23.4. The van der Waals surface area contributed by atoms with E-state index in [2.05, 4.69) is 40.9 Å². The van der Waals surface area contributed by atoms with Crippen molar-refractivity contribution in [2.24, 2.45) is 35.5 Å². The lowest BCUT2D eigenvalue weighted by Gasteiger charge is -2.47. The first kappa shape index (κ1) is 66.4. The van der Waals surface area contributed by atoms with Gasteiger partial charge in [-0.05, 0) is 124 Å². The number of imide groups is 1. The molecule has 5 aliphatic rings. The van der Waals surface area contributed by atoms with E-state index in [1.807, 2.05) is 74.5 Å². The van der Waals surface area contributed by atoms with Crippen LogP contribution < -0.4 is 10.6 Å². The van der Waals surface area contributed by atoms with Gasteiger partial charge in [0, 0.05) is 57.8 Å². The molecule has 0 radical (unpaired) electrons. The zero-order valence-corrected chi connectivity index (χ0v) is 50.2. The van der Waals surface area contributed by atoms with Crippen LogP contribution in [0.1, 0.15) is 191 Å². The van der Waals surface area contributed by atoms with Gasteiger partial charge in [-0.3, -0.25) is 33.6 Å². The number of hydrogen-bond acceptors (Lipinski definition) is 13. The topological polar surface area (TPSA) is 218 Å². The molecule has 18 nitrogen and oxygen atoms in total. The summed E-state index contributed by atoms with van der Waals surface area (Å²) in [6.07, 6.45) is 21.7. The van der Waals surface area contributed by atoms with Gasteiger partial charge >= 0.3 is 0 Å². The van der Waals surface area contributed by atoms with Crippen molar-refractivity contribution < 1.29 is 48.5 Å². The number of amides is 5. The number of carbonyl (C=O) groups excluding carboxylic acids is 5. The highest BCUT2D eigenvalue weighted by molar-refractivity contribution is 6.07. The Morgan fingerprint density at radius 3 is 2.12 bits per heavy atom. The van der Waals surface area contributed by atoms with Gasteiger partial charge in [0.1, 0.15) is 5.69 Å². The summed E-state index contributed by atoms with van der Waals surface area (Å²) in [6.45, 7) is 25.8. The molecule has 7 atom stereocenters. The van der Waals surface area contributed by atoms with Crippen molar-refractivity contribution in [3.8, 4) is 0 Å². The number of carbonyl (C=O) groups is 5. The van der Waals surface area contributed by atoms with Gasteiger partial charge in [0.2, 0.25) is 29.5 Å². The van der Waals surface area contributed by atoms with Crippen molar-refractivity contribution in [3.05, 3.63) is 35.7 Å². The van der Waals surface area contributed by atoms with Crippen molar-refractivity contribution in [1.29, 1.82) is 0 Å². The molecule has 0 bridgehead atoms. The van der Waals surface area contributed by atoms with Crippen LogP contribution in [0.2, 0.25) is 0 Å². The van der Waals surface area contributed by atoms with Crippen LogP contribution in [0.15, 0.2) is 30.0 Å². The Bertz CT molecular complexity index is 2080. The number of nitrogens with one attached hydrogen (secondary N) is 2. The standard InChI is InChI=1S/C49H78N8O7.C9H20O3.C2H6/c1-9-17-36-29-37(28-33(2)3)43-42(36)45(61)56(46(43)62)47(6,7)35(5)55(41(59)19-18-40(58)51-34(4)20-27-64-8)32-38-31-54(53-52-38)26-16-25-50-44(60)39-30-48(21-12-10-13-22-48)57(63)49(39)23-14-11-15-24-49;1-9(2)3-5-11-7-8-12-6-4-10;1-2/h9,17,28,31,34-37,39,42-43,63H,10-16,18-27,29-30,32H2,1-8H3,(H,50,60)(H,51,58);9-10H,3-8H2,1-2H3;1-2H3/b17-9+;;. The van der Waals surface area contributed by atoms with Gasteiger partial charge in [0.15, 0.2) is 0 Å². The number of ether oxygens (including phenoxy) is 3. The van der Waals surface area contributed by atoms with Crippen LogP contribution in [0, 0.1) is 35.5 Å². The second-order valence-electron chi connectivity index (χ2n) is 23.8. The molecule has 6 rings (SSSR count). The summed E-state index contributed by atoms with van der Waals surface area (Å²) in [5.74, 6) is -1.57. The fourth-order valence-corrected chi connectivity index (χ4v) is 12.9. The summed E-state index contributed by atoms with van der Waals surface area (Å²) < 4.78 is 17.2. The van der Waals surface area contributed by atoms with Crippen LogP contribution in [0.5, 0.6) is 0 Å². The lowest BCUT2D eigenvalue weighted by atomic mass is 9.72. The Hall–Kier alpha value is -4.07. The van der Waals surface area contributed by atoms with Crippen LogP contribution in [-0.2, 0) is 51.3 Å². The van der Waals surface area contributed by atoms with Gasteiger partial charge in [-0.15, -0.1) is 5.10 Å². The molecule has 78 heavy (non-hydrogen) atoms. The zero-order chi connectivity index (χ0) is 57.6. The number of aliphatic hydroxyl groups excluding tert-OH is 1. The molecule has 1 aromatic heterocycles. The number of hydroxylamine groups is 2. The van der Waals surface area contributed by atoms with Crippen LogP contribution >= 0.6 is 0 Å². The number of likely N-dealkylation sites (tertiary alicyclic amines) is 1. The third-order valence-electron chi connectivity index (χ3n) is 17.1. The average Bonchev–Trinajstić information content (AvgIpc) is 4.18. The van der Waals surface area contributed by atoms with Gasteiger partial charge in [0.25, 0.3) is 0 Å². The minimum absolute atomic E-state index is 0.0231. The summed E-state index contributed by atoms with van der Waals surface area (Å²) in [6, 6.07) is -0.771. The quantitative estimate of drug-likeness (QED) is 0.0369. The second kappa shape index (κ2) is 32.4. The SMILES string of the molecule is C/C=C/C1CC(C=C(C)C)C2C(=O)N(C(C)(C)C(C)N(Cc3cn(CCCNC(=O)C4CC5(CCCCC5)N(O)C45CCCCC5)nn3)C(=O)CCC(=O)NC(C)CCOC)C(=O)C12.CC.CC(C)CCOCCOCCO. The molecule has 5 amide bonds. The summed E-state index contributed by atoms with van der Waals surface area (Å²) >= 11 is 0. The molecule has 2 saturated heterocycles. The number of aromatic nitrogens is 3. The maximum absolute atomic E-state index is 14.5. The Morgan fingerprint density at radius 2 is 1.51 bits per heavy atom. The van der Waals surface area contributed by atoms with Gasteiger partial charge < -0.3 is 40.1 Å². The highest BCUT2D eigenvalue weighted by Crippen LogP contribution is 2.56. The van der Waals surface area contributed by atoms with Crippen molar-refractivity contribution >= 4 is 29.5 Å². The third-order valence-corrected chi connectivity index (χ3v) is 17.1. The minimum Gasteiger partial charge on any atom is -0.394 e. The van der Waals surface area contributed by atoms with Gasteiger partial charge in [-0.25, -0.2) is 0 Å². The molecule has 3 aliphatic carbocycles. The Labute approximate surface area is 468 Å². The predicted molar refractivity (Wildman–Crippen MR) is 303 cm³/mol. The van der Waals surface area contributed by atoms with Crippen molar-refractivity contribution in [2.45, 2.75) is 227 Å². The third kappa shape index (κ3) is 17.5. The number of methoxy groups -OCH3 is 1. The van der Waals surface area contributed by atoms with Crippen LogP contribution in [0.4, 0.5) is 0 Å². The maximum atomic E-state index is 14.5. The van der Waals surface area contributed by atoms with E-state index >= 15 is 0 Å². The van der Waals surface area contributed by atoms with Gasteiger partial charge in [-0.1, -0.05) is 95.2 Å². The average molecular weight is 1100 g/mol. The molecule has 18 heteroatoms. The number of nitrogens with zero attached hydrogens (tertiary/aromatic N) is 6. The second-order valence-corrected chi connectivity index (χ2v) is 23.8. The number of allylic oxidation sites excluding steroid dienone is 4. The smallest absolute Gasteiger partial charge is 0.234 e. The highest BCUT2D eigenvalue weighted by Gasteiger charge is 2.63. The fourth-order valence-electron chi connectivity index (χ4n) is 12.9. The highest BCUT2D eigenvalue weighted by atomic mass is 16.5. The molecular weight excluding hydrogens is 993 g/mol. The first-order valence-corrected chi connectivity index (χ1v) is 29.9. The molecule has 2 spiro atoms. The Balaban J connectivity index is 0.000000828. The first-order valence-electron chi connectivity index (χ1n) is 29.9. The van der Waals surface area contributed by atoms with E-state index in [-0.39, 0.29) is 84.9 Å². The maximum Gasteiger partial charge on any atom is 0.234 e. The summed E-state index contributed by atoms with van der Waals surface area (Å²) in [5, 5.41) is 36.8. The molecule has 444 valence electrons. The van der Waals surface area contributed by atoms with E-state index in [4.69, 9.17) is 19.3 Å². The van der Waals surface area contributed by atoms with Gasteiger partial charge in [-0.2, -0.15) is 5.06 Å². The van der Waals surface area contributed by atoms with E-state index in [9.17, 15) is 29.2 Å².